The fourth-order valence-corrected chi connectivity index (χ4v) is 2.94. The predicted molar refractivity (Wildman–Crippen MR) is 98.1 cm³/mol. The maximum Gasteiger partial charge on any atom is 0.257 e. The van der Waals surface area contributed by atoms with E-state index in [4.69, 9.17) is 5.26 Å². The number of carbonyl (C=O) groups excluding carboxylic acids is 1. The van der Waals surface area contributed by atoms with E-state index in [0.717, 1.165) is 17.1 Å². The van der Waals surface area contributed by atoms with Crippen LogP contribution < -0.4 is 5.32 Å². The summed E-state index contributed by atoms with van der Waals surface area (Å²) in [6.07, 6.45) is 3.08. The molecule has 130 valence electrons. The van der Waals surface area contributed by atoms with Crippen molar-refractivity contribution in [2.24, 2.45) is 0 Å². The summed E-state index contributed by atoms with van der Waals surface area (Å²) >= 11 is 0. The van der Waals surface area contributed by atoms with Gasteiger partial charge in [-0.15, -0.1) is 0 Å². The summed E-state index contributed by atoms with van der Waals surface area (Å²) in [5.74, 6) is -0.263. The van der Waals surface area contributed by atoms with Crippen molar-refractivity contribution >= 4 is 11.6 Å². The maximum absolute atomic E-state index is 12.7. The lowest BCUT2D eigenvalue weighted by Crippen LogP contribution is -2.14. The van der Waals surface area contributed by atoms with E-state index in [1.54, 1.807) is 24.4 Å². The largest absolute Gasteiger partial charge is 0.392 e. The minimum absolute atomic E-state index is 0.178. The zero-order chi connectivity index (χ0) is 18.7. The van der Waals surface area contributed by atoms with Gasteiger partial charge >= 0.3 is 0 Å². The molecule has 0 aliphatic carbocycles. The SMILES string of the molecule is Cc1cc(C(=O)Nc2cnccc2CO)c(C)n1-c1ccc(C#N)cc1. The molecular weight excluding hydrogens is 328 g/mol. The second-order valence-electron chi connectivity index (χ2n) is 5.92. The van der Waals surface area contributed by atoms with Crippen LogP contribution in [-0.2, 0) is 6.61 Å². The number of nitrogens with one attached hydrogen (secondary N) is 1. The van der Waals surface area contributed by atoms with E-state index in [-0.39, 0.29) is 12.5 Å². The van der Waals surface area contributed by atoms with Gasteiger partial charge in [-0.05, 0) is 50.2 Å². The van der Waals surface area contributed by atoms with Crippen molar-refractivity contribution in [2.45, 2.75) is 20.5 Å². The Morgan fingerprint density at radius 1 is 1.27 bits per heavy atom. The number of nitrogens with zero attached hydrogens (tertiary/aromatic N) is 3. The van der Waals surface area contributed by atoms with Crippen LogP contribution in [0, 0.1) is 25.2 Å². The molecule has 0 fully saturated rings. The third-order valence-electron chi connectivity index (χ3n) is 4.26. The van der Waals surface area contributed by atoms with E-state index in [0.29, 0.717) is 22.4 Å². The first-order valence-corrected chi connectivity index (χ1v) is 8.09. The second-order valence-corrected chi connectivity index (χ2v) is 5.92. The van der Waals surface area contributed by atoms with Gasteiger partial charge < -0.3 is 15.0 Å². The van der Waals surface area contributed by atoms with Crippen LogP contribution in [0.2, 0.25) is 0 Å². The number of aryl methyl sites for hydroxylation is 1. The van der Waals surface area contributed by atoms with Crippen LogP contribution in [-0.4, -0.2) is 20.6 Å². The van der Waals surface area contributed by atoms with Crippen molar-refractivity contribution in [3.8, 4) is 11.8 Å². The molecule has 0 atom stereocenters. The third kappa shape index (κ3) is 3.21. The number of aromatic nitrogens is 2. The Morgan fingerprint density at radius 2 is 2.00 bits per heavy atom. The number of aliphatic hydroxyl groups excluding tert-OH is 1. The van der Waals surface area contributed by atoms with Crippen LogP contribution >= 0.6 is 0 Å². The molecule has 26 heavy (non-hydrogen) atoms. The number of amides is 1. The average molecular weight is 346 g/mol. The first-order chi connectivity index (χ1) is 12.5. The molecule has 2 aromatic heterocycles. The molecule has 0 unspecified atom stereocenters. The molecule has 6 heteroatoms. The lowest BCUT2D eigenvalue weighted by atomic mass is 10.2. The molecule has 3 rings (SSSR count). The van der Waals surface area contributed by atoms with E-state index in [9.17, 15) is 9.90 Å². The lowest BCUT2D eigenvalue weighted by Gasteiger charge is -2.11. The van der Waals surface area contributed by atoms with Gasteiger partial charge in [0.2, 0.25) is 0 Å². The first-order valence-electron chi connectivity index (χ1n) is 8.09. The molecule has 0 aliphatic rings. The topological polar surface area (TPSA) is 90.9 Å². The van der Waals surface area contributed by atoms with Gasteiger partial charge in [0, 0.05) is 28.8 Å². The monoisotopic (exact) mass is 346 g/mol. The number of aliphatic hydroxyl groups is 1. The van der Waals surface area contributed by atoms with Crippen molar-refractivity contribution in [1.29, 1.82) is 5.26 Å². The van der Waals surface area contributed by atoms with E-state index in [2.05, 4.69) is 16.4 Å². The van der Waals surface area contributed by atoms with Crippen LogP contribution in [0.25, 0.3) is 5.69 Å². The molecule has 6 nitrogen and oxygen atoms in total. The van der Waals surface area contributed by atoms with Crippen LogP contribution in [0.4, 0.5) is 5.69 Å². The van der Waals surface area contributed by atoms with Gasteiger partial charge in [-0.3, -0.25) is 9.78 Å². The Balaban J connectivity index is 1.94. The number of rotatable bonds is 4. The number of nitriles is 1. The zero-order valence-electron chi connectivity index (χ0n) is 14.5. The number of carbonyl (C=O) groups is 1. The van der Waals surface area contributed by atoms with Crippen LogP contribution in [0.1, 0.15) is 32.9 Å². The molecule has 0 saturated heterocycles. The Labute approximate surface area is 151 Å². The molecule has 0 radical (unpaired) electrons. The Morgan fingerprint density at radius 3 is 2.65 bits per heavy atom. The summed E-state index contributed by atoms with van der Waals surface area (Å²) in [6.45, 7) is 3.62. The van der Waals surface area contributed by atoms with Gasteiger partial charge in [0.05, 0.1) is 35.7 Å². The zero-order valence-corrected chi connectivity index (χ0v) is 14.5. The molecule has 0 saturated carbocycles. The number of pyridine rings is 1. The summed E-state index contributed by atoms with van der Waals surface area (Å²) in [6, 6.07) is 12.8. The summed E-state index contributed by atoms with van der Waals surface area (Å²) < 4.78 is 1.96. The van der Waals surface area contributed by atoms with Gasteiger partial charge in [0.1, 0.15) is 0 Å². The molecule has 2 heterocycles. The van der Waals surface area contributed by atoms with Crippen LogP contribution in [0.5, 0.6) is 0 Å². The minimum Gasteiger partial charge on any atom is -0.392 e. The molecule has 0 bridgehead atoms. The summed E-state index contributed by atoms with van der Waals surface area (Å²) in [7, 11) is 0. The standard InChI is InChI=1S/C20H18N4O2/c1-13-9-18(20(26)23-19-11-22-8-7-16(19)12-25)14(2)24(13)17-5-3-15(10-21)4-6-17/h3-9,11,25H,12H2,1-2H3,(H,23,26). The average Bonchev–Trinajstić information content (AvgIpc) is 2.96. The molecular formula is C20H18N4O2. The van der Waals surface area contributed by atoms with Crippen molar-refractivity contribution in [3.05, 3.63) is 76.9 Å². The van der Waals surface area contributed by atoms with Gasteiger partial charge in [-0.2, -0.15) is 5.26 Å². The van der Waals surface area contributed by atoms with Crippen molar-refractivity contribution in [3.63, 3.8) is 0 Å². The Kier molecular flexibility index (Phi) is 4.83. The van der Waals surface area contributed by atoms with E-state index < -0.39 is 0 Å². The van der Waals surface area contributed by atoms with Crippen molar-refractivity contribution in [1.82, 2.24) is 9.55 Å². The van der Waals surface area contributed by atoms with Gasteiger partial charge in [0.25, 0.3) is 5.91 Å². The smallest absolute Gasteiger partial charge is 0.257 e. The highest BCUT2D eigenvalue weighted by molar-refractivity contribution is 6.05. The van der Waals surface area contributed by atoms with Crippen LogP contribution in [0.15, 0.2) is 48.8 Å². The van der Waals surface area contributed by atoms with Crippen LogP contribution in [0.3, 0.4) is 0 Å². The maximum atomic E-state index is 12.7. The highest BCUT2D eigenvalue weighted by Crippen LogP contribution is 2.23. The summed E-state index contributed by atoms with van der Waals surface area (Å²) in [5, 5.41) is 21.1. The molecule has 0 spiro atoms. The van der Waals surface area contributed by atoms with E-state index in [1.807, 2.05) is 36.6 Å². The summed E-state index contributed by atoms with van der Waals surface area (Å²) in [5.41, 5.74) is 4.81. The molecule has 1 amide bonds. The molecule has 3 aromatic rings. The number of hydrogen-bond acceptors (Lipinski definition) is 4. The Hall–Kier alpha value is -3.43. The molecule has 0 aliphatic heterocycles. The summed E-state index contributed by atoms with van der Waals surface area (Å²) in [4.78, 5) is 16.7. The highest BCUT2D eigenvalue weighted by atomic mass is 16.3. The van der Waals surface area contributed by atoms with Crippen molar-refractivity contribution < 1.29 is 9.90 Å². The highest BCUT2D eigenvalue weighted by Gasteiger charge is 2.17. The predicted octanol–water partition coefficient (Wildman–Crippen LogP) is 3.11. The molecule has 2 N–H and O–H groups in total. The lowest BCUT2D eigenvalue weighted by molar-refractivity contribution is 0.102. The Bertz CT molecular complexity index is 998. The fourth-order valence-electron chi connectivity index (χ4n) is 2.94. The van der Waals surface area contributed by atoms with E-state index in [1.165, 1.54) is 6.20 Å². The number of anilines is 1. The number of benzene rings is 1. The van der Waals surface area contributed by atoms with E-state index >= 15 is 0 Å². The quantitative estimate of drug-likeness (QED) is 0.759. The van der Waals surface area contributed by atoms with Crippen molar-refractivity contribution in [2.75, 3.05) is 5.32 Å². The fraction of sp³-hybridized carbons (Fsp3) is 0.150. The van der Waals surface area contributed by atoms with Gasteiger partial charge in [-0.25, -0.2) is 0 Å². The first kappa shape index (κ1) is 17.4. The second kappa shape index (κ2) is 7.21. The third-order valence-corrected chi connectivity index (χ3v) is 4.26. The van der Waals surface area contributed by atoms with Gasteiger partial charge in [0.15, 0.2) is 0 Å². The minimum atomic E-state index is -0.263. The molecule has 1 aromatic carbocycles. The normalized spacial score (nSPS) is 10.4. The van der Waals surface area contributed by atoms with Gasteiger partial charge in [-0.1, -0.05) is 0 Å². The number of hydrogen-bond donors (Lipinski definition) is 2.